The van der Waals surface area contributed by atoms with E-state index in [0.29, 0.717) is 5.92 Å². The Bertz CT molecular complexity index is 305. The van der Waals surface area contributed by atoms with Crippen molar-refractivity contribution in [2.24, 2.45) is 5.92 Å². The Morgan fingerprint density at radius 1 is 1.29 bits per heavy atom. The summed E-state index contributed by atoms with van der Waals surface area (Å²) in [5.41, 5.74) is 0. The van der Waals surface area contributed by atoms with Gasteiger partial charge in [0.05, 0.1) is 0 Å². The van der Waals surface area contributed by atoms with Gasteiger partial charge >= 0.3 is 40.8 Å². The molecule has 21 heavy (non-hydrogen) atoms. The van der Waals surface area contributed by atoms with Crippen molar-refractivity contribution < 1.29 is 60.1 Å². The monoisotopic (exact) mass is 443 g/mol. The van der Waals surface area contributed by atoms with Crippen LogP contribution in [0.15, 0.2) is 24.3 Å². The Labute approximate surface area is 162 Å². The second-order valence-electron chi connectivity index (χ2n) is 4.70. The molecule has 1 atom stereocenters. The summed E-state index contributed by atoms with van der Waals surface area (Å²) in [5, 5.41) is 0. The number of rotatable bonds is 4. The van der Waals surface area contributed by atoms with Crippen LogP contribution < -0.4 is 14.7 Å². The van der Waals surface area contributed by atoms with Gasteiger partial charge in [0.1, 0.15) is 0 Å². The number of unbranched alkanes of at least 4 members (excludes halogenated alkanes) is 1. The quantitative estimate of drug-likeness (QED) is 0.491. The van der Waals surface area contributed by atoms with E-state index in [9.17, 15) is 0 Å². The molecule has 0 bridgehead atoms. The smallest absolute Gasteiger partial charge is 0.822 e. The molecule has 6 heteroatoms. The van der Waals surface area contributed by atoms with E-state index in [-0.39, 0.29) is 40.8 Å². The van der Waals surface area contributed by atoms with Crippen LogP contribution in [0.1, 0.15) is 52.9 Å². The van der Waals surface area contributed by atoms with Gasteiger partial charge in [-0.25, -0.2) is 18.1 Å². The van der Waals surface area contributed by atoms with E-state index in [1.54, 1.807) is 0 Å². The number of hydrogen-bond acceptors (Lipinski definition) is 4. The molecule has 0 aromatic rings. The molecular formula is C15H26NdO4P-2. The van der Waals surface area contributed by atoms with Crippen LogP contribution in [-0.4, -0.2) is 0 Å². The predicted molar refractivity (Wildman–Crippen MR) is 78.1 cm³/mol. The SMILES string of the molecule is C[C-]1C=CC=CC1.O=P([O-])([O-])[O-].[CH2-]C(CC)CCCC.[Nd+3]. The summed E-state index contributed by atoms with van der Waals surface area (Å²) in [4.78, 5) is 25.6. The van der Waals surface area contributed by atoms with Crippen molar-refractivity contribution in [2.45, 2.75) is 52.9 Å². The van der Waals surface area contributed by atoms with Gasteiger partial charge in [-0.05, 0) is 0 Å². The predicted octanol–water partition coefficient (Wildman–Crippen LogP) is 2.31. The molecule has 0 aromatic heterocycles. The van der Waals surface area contributed by atoms with Crippen molar-refractivity contribution in [1.82, 2.24) is 0 Å². The van der Waals surface area contributed by atoms with Gasteiger partial charge in [-0.3, -0.25) is 0 Å². The maximum absolute atomic E-state index is 8.55. The molecule has 0 N–H and O–H groups in total. The normalized spacial score (nSPS) is 14.1. The minimum Gasteiger partial charge on any atom is -0.822 e. The molecule has 1 aliphatic carbocycles. The topological polar surface area (TPSA) is 86.2 Å². The second kappa shape index (κ2) is 17.2. The minimum atomic E-state index is -5.39. The zero-order chi connectivity index (χ0) is 16.0. The van der Waals surface area contributed by atoms with E-state index in [2.05, 4.69) is 52.0 Å². The van der Waals surface area contributed by atoms with Gasteiger partial charge in [0.2, 0.25) is 0 Å². The summed E-state index contributed by atoms with van der Waals surface area (Å²) in [6.45, 7) is 10.6. The van der Waals surface area contributed by atoms with Crippen molar-refractivity contribution in [2.75, 3.05) is 0 Å². The largest absolute Gasteiger partial charge is 3.00 e. The molecule has 0 spiro atoms. The van der Waals surface area contributed by atoms with E-state index in [1.807, 2.05) is 0 Å². The van der Waals surface area contributed by atoms with Crippen molar-refractivity contribution in [3.8, 4) is 0 Å². The average Bonchev–Trinajstić information content (AvgIpc) is 2.35. The number of allylic oxidation sites excluding steroid dienone is 4. The summed E-state index contributed by atoms with van der Waals surface area (Å²) in [6, 6.07) is 0. The fraction of sp³-hybridized carbons (Fsp3) is 0.600. The molecule has 121 valence electrons. The first-order valence-corrected chi connectivity index (χ1v) is 8.38. The maximum Gasteiger partial charge on any atom is 3.00 e. The summed E-state index contributed by atoms with van der Waals surface area (Å²) in [6.07, 6.45) is 14.8. The Balaban J connectivity index is -0.000000232. The zero-order valence-corrected chi connectivity index (χ0v) is 17.3. The van der Waals surface area contributed by atoms with Gasteiger partial charge in [0.15, 0.2) is 0 Å². The van der Waals surface area contributed by atoms with Crippen molar-refractivity contribution in [3.63, 3.8) is 0 Å². The number of hydrogen-bond donors (Lipinski definition) is 0. The fourth-order valence-electron chi connectivity index (χ4n) is 1.32. The molecule has 4 nitrogen and oxygen atoms in total. The summed E-state index contributed by atoms with van der Waals surface area (Å²) in [5.74, 6) is 2.15. The van der Waals surface area contributed by atoms with Crippen LogP contribution >= 0.6 is 7.82 Å². The van der Waals surface area contributed by atoms with E-state index in [0.717, 1.165) is 6.42 Å². The standard InChI is InChI=1S/C8H17.C7H9.Nd.H3O4P/c1-4-6-7-8(3)5-2;1-7-5-3-2-4-6-7;;1-5(2,3)4/h8H,3-7H2,1-2H3;2-5H,6H2,1H3;;(H3,1,2,3,4)/q2*-1;+3;/p-3. The minimum absolute atomic E-state index is 0. The molecule has 0 fully saturated rings. The van der Waals surface area contributed by atoms with Crippen molar-refractivity contribution in [1.29, 1.82) is 0 Å². The Hall–Kier alpha value is 0.811. The molecule has 0 saturated heterocycles. The molecule has 1 radical (unpaired) electrons. The van der Waals surface area contributed by atoms with Gasteiger partial charge in [-0.1, -0.05) is 46.0 Å². The van der Waals surface area contributed by atoms with Crippen LogP contribution in [0.2, 0.25) is 0 Å². The molecule has 1 unspecified atom stereocenters. The zero-order valence-electron chi connectivity index (χ0n) is 13.2. The van der Waals surface area contributed by atoms with Crippen LogP contribution in [0.5, 0.6) is 0 Å². The molecule has 0 amide bonds. The van der Waals surface area contributed by atoms with E-state index >= 15 is 0 Å². The van der Waals surface area contributed by atoms with Gasteiger partial charge in [0, 0.05) is 0 Å². The molecule has 0 heterocycles. The summed E-state index contributed by atoms with van der Waals surface area (Å²) >= 11 is 0. The first kappa shape index (κ1) is 26.7. The van der Waals surface area contributed by atoms with Gasteiger partial charge < -0.3 is 26.2 Å². The van der Waals surface area contributed by atoms with Crippen LogP contribution in [-0.2, 0) is 4.57 Å². The second-order valence-corrected chi connectivity index (χ2v) is 5.60. The van der Waals surface area contributed by atoms with Crippen LogP contribution in [0.25, 0.3) is 0 Å². The number of phosphoric acid groups is 1. The third-order valence-electron chi connectivity index (χ3n) is 2.61. The van der Waals surface area contributed by atoms with Crippen molar-refractivity contribution >= 4 is 7.82 Å². The summed E-state index contributed by atoms with van der Waals surface area (Å²) in [7, 11) is -5.39. The van der Waals surface area contributed by atoms with E-state index in [1.165, 1.54) is 31.6 Å². The molecule has 0 aromatic carbocycles. The van der Waals surface area contributed by atoms with Crippen molar-refractivity contribution in [3.05, 3.63) is 37.1 Å². The first-order valence-electron chi connectivity index (χ1n) is 6.92. The average molecular weight is 446 g/mol. The first-order chi connectivity index (χ1) is 9.20. The maximum atomic E-state index is 8.55. The third kappa shape index (κ3) is 33.6. The Morgan fingerprint density at radius 2 is 1.81 bits per heavy atom. The van der Waals surface area contributed by atoms with Crippen LogP contribution in [0.3, 0.4) is 0 Å². The Morgan fingerprint density at radius 3 is 2.05 bits per heavy atom. The van der Waals surface area contributed by atoms with Gasteiger partial charge in [-0.15, -0.1) is 19.1 Å². The molecule has 1 rings (SSSR count). The Kier molecular flexibility index (Phi) is 21.8. The van der Waals surface area contributed by atoms with Gasteiger partial charge in [-0.2, -0.15) is 13.7 Å². The molecule has 0 saturated carbocycles. The van der Waals surface area contributed by atoms with Crippen LogP contribution in [0, 0.1) is 59.6 Å². The van der Waals surface area contributed by atoms with E-state index < -0.39 is 7.82 Å². The van der Waals surface area contributed by atoms with Gasteiger partial charge in [0.25, 0.3) is 0 Å². The third-order valence-corrected chi connectivity index (χ3v) is 2.61. The summed E-state index contributed by atoms with van der Waals surface area (Å²) < 4.78 is 8.55. The van der Waals surface area contributed by atoms with E-state index in [4.69, 9.17) is 19.2 Å². The van der Waals surface area contributed by atoms with Crippen LogP contribution in [0.4, 0.5) is 0 Å². The molecular weight excluding hydrogens is 419 g/mol. The molecule has 1 aliphatic rings. The fourth-order valence-corrected chi connectivity index (χ4v) is 1.32. The molecule has 0 aliphatic heterocycles.